The van der Waals surface area contributed by atoms with Crippen molar-refractivity contribution in [2.75, 3.05) is 20.6 Å². The van der Waals surface area contributed by atoms with Crippen molar-refractivity contribution in [2.24, 2.45) is 17.8 Å². The number of likely N-dealkylation sites (N-methyl/N-ethyl adjacent to an activating group) is 2. The molecule has 4 heterocycles. The number of nitrogens with one attached hydrogen (secondary N) is 4. The Labute approximate surface area is 446 Å². The van der Waals surface area contributed by atoms with Crippen LogP contribution in [0.1, 0.15) is 117 Å². The normalized spacial score (nSPS) is 25.2. The van der Waals surface area contributed by atoms with Gasteiger partial charge in [0.1, 0.15) is 42.3 Å². The van der Waals surface area contributed by atoms with E-state index in [1.165, 1.54) is 28.2 Å². The van der Waals surface area contributed by atoms with Crippen LogP contribution < -0.4 is 21.3 Å². The zero-order valence-corrected chi connectivity index (χ0v) is 46.2. The summed E-state index contributed by atoms with van der Waals surface area (Å²) in [7, 11) is 3.08. The van der Waals surface area contributed by atoms with Crippen molar-refractivity contribution in [1.82, 2.24) is 45.5 Å². The maximum Gasteiger partial charge on any atom is 0.246 e. The van der Waals surface area contributed by atoms with Crippen LogP contribution in [0.3, 0.4) is 0 Å². The number of hydrogen-bond acceptors (Lipinski definition) is 9. The molecule has 2 fully saturated rings. The molecule has 7 atom stereocenters. The van der Waals surface area contributed by atoms with Gasteiger partial charge in [0.2, 0.25) is 41.4 Å². The van der Waals surface area contributed by atoms with Crippen LogP contribution in [-0.4, -0.2) is 129 Å². The molecule has 3 aliphatic rings. The minimum absolute atomic E-state index is 0.0352. The lowest BCUT2D eigenvalue weighted by Crippen LogP contribution is -2.61. The molecule has 1 saturated carbocycles. The smallest absolute Gasteiger partial charge is 0.246 e. The first-order valence-corrected chi connectivity index (χ1v) is 27.8. The van der Waals surface area contributed by atoms with Gasteiger partial charge in [-0.2, -0.15) is 0 Å². The minimum atomic E-state index is -1.23. The molecule has 404 valence electrons. The Bertz CT molecular complexity index is 2770. The van der Waals surface area contributed by atoms with Gasteiger partial charge in [0, 0.05) is 50.6 Å². The lowest BCUT2D eigenvalue weighted by molar-refractivity contribution is -0.150. The zero-order valence-electron chi connectivity index (χ0n) is 45.4. The number of carbonyl (C=O) groups is 7. The van der Waals surface area contributed by atoms with E-state index in [1.807, 2.05) is 108 Å². The topological polar surface area (TPSA) is 195 Å². The van der Waals surface area contributed by atoms with Crippen LogP contribution in [-0.2, 0) is 51.9 Å². The number of aromatic nitrogens is 2. The van der Waals surface area contributed by atoms with E-state index in [4.69, 9.17) is 0 Å². The van der Waals surface area contributed by atoms with E-state index in [-0.39, 0.29) is 56.4 Å². The number of thiazole rings is 1. The maximum absolute atomic E-state index is 15.5. The third-order valence-corrected chi connectivity index (χ3v) is 16.3. The Hall–Kier alpha value is -6.36. The van der Waals surface area contributed by atoms with Gasteiger partial charge in [-0.15, -0.1) is 17.9 Å². The maximum atomic E-state index is 15.5. The molecule has 2 bridgehead atoms. The van der Waals surface area contributed by atoms with Gasteiger partial charge in [0.15, 0.2) is 0 Å². The fourth-order valence-electron chi connectivity index (χ4n) is 11.0. The molecule has 75 heavy (non-hydrogen) atoms. The molecule has 7 amide bonds. The quantitative estimate of drug-likeness (QED) is 0.111. The summed E-state index contributed by atoms with van der Waals surface area (Å²) >= 11 is 1.45. The molecule has 0 spiro atoms. The molecule has 7 rings (SSSR count). The Kier molecular flexibility index (Phi) is 18.4. The minimum Gasteiger partial charge on any atom is -0.343 e. The Morgan fingerprint density at radius 2 is 1.41 bits per heavy atom. The predicted octanol–water partition coefficient (Wildman–Crippen LogP) is 6.80. The van der Waals surface area contributed by atoms with Crippen LogP contribution in [0.15, 0.2) is 79.0 Å². The van der Waals surface area contributed by atoms with E-state index in [1.54, 1.807) is 24.4 Å². The first-order valence-electron chi connectivity index (χ1n) is 26.9. The van der Waals surface area contributed by atoms with Crippen molar-refractivity contribution in [3.05, 3.63) is 90.1 Å². The van der Waals surface area contributed by atoms with Crippen molar-refractivity contribution >= 4 is 73.8 Å². The van der Waals surface area contributed by atoms with Crippen molar-refractivity contribution in [3.63, 3.8) is 0 Å². The molecule has 0 radical (unpaired) electrons. The van der Waals surface area contributed by atoms with Gasteiger partial charge in [-0.3, -0.25) is 33.6 Å². The number of allylic oxidation sites excluding steroid dienone is 1. The molecular formula is C58H79N9O7S. The van der Waals surface area contributed by atoms with Crippen molar-refractivity contribution < 1.29 is 33.6 Å². The lowest BCUT2D eigenvalue weighted by atomic mass is 9.95. The molecule has 1 aliphatic carbocycles. The van der Waals surface area contributed by atoms with Gasteiger partial charge in [0.25, 0.3) is 0 Å². The molecule has 4 N–H and O–H groups in total. The van der Waals surface area contributed by atoms with E-state index in [2.05, 4.69) is 37.4 Å². The summed E-state index contributed by atoms with van der Waals surface area (Å²) in [5, 5.41) is 13.0. The fraction of sp³-hybridized carbons (Fsp3) is 0.552. The number of carbonyl (C=O) groups excluding carboxylic acids is 7. The third-order valence-electron chi connectivity index (χ3n) is 15.5. The van der Waals surface area contributed by atoms with Crippen LogP contribution in [0.4, 0.5) is 0 Å². The lowest BCUT2D eigenvalue weighted by Gasteiger charge is -2.39. The highest BCUT2D eigenvalue weighted by Crippen LogP contribution is 2.32. The van der Waals surface area contributed by atoms with Crippen LogP contribution in [0.25, 0.3) is 21.1 Å². The van der Waals surface area contributed by atoms with Crippen LogP contribution in [0.2, 0.25) is 0 Å². The van der Waals surface area contributed by atoms with Gasteiger partial charge in [-0.05, 0) is 100.0 Å². The number of hydrogen-bond donors (Lipinski definition) is 4. The van der Waals surface area contributed by atoms with Crippen LogP contribution in [0.5, 0.6) is 0 Å². The predicted molar refractivity (Wildman–Crippen MR) is 294 cm³/mol. The highest BCUT2D eigenvalue weighted by Gasteiger charge is 2.42. The van der Waals surface area contributed by atoms with Crippen molar-refractivity contribution in [3.8, 4) is 0 Å². The molecule has 16 nitrogen and oxygen atoms in total. The highest BCUT2D eigenvalue weighted by atomic mass is 32.1. The molecule has 0 unspecified atom stereocenters. The summed E-state index contributed by atoms with van der Waals surface area (Å²) < 4.78 is 2.99. The molecule has 4 aromatic rings. The highest BCUT2D eigenvalue weighted by molar-refractivity contribution is 7.16. The average molecular weight is 1050 g/mol. The van der Waals surface area contributed by atoms with E-state index in [9.17, 15) is 14.4 Å². The van der Waals surface area contributed by atoms with Gasteiger partial charge in [-0.25, -0.2) is 4.98 Å². The van der Waals surface area contributed by atoms with Crippen molar-refractivity contribution in [2.45, 2.75) is 167 Å². The summed E-state index contributed by atoms with van der Waals surface area (Å²) in [5.41, 5.74) is 4.41. The second-order valence-corrected chi connectivity index (χ2v) is 23.4. The van der Waals surface area contributed by atoms with Gasteiger partial charge in [0.05, 0.1) is 21.3 Å². The Morgan fingerprint density at radius 3 is 2.12 bits per heavy atom. The molecule has 17 heteroatoms. The van der Waals surface area contributed by atoms with E-state index in [0.29, 0.717) is 12.8 Å². The van der Waals surface area contributed by atoms with Gasteiger partial charge >= 0.3 is 0 Å². The van der Waals surface area contributed by atoms with Crippen LogP contribution in [0, 0.1) is 17.8 Å². The number of benzene rings is 2. The number of para-hydroxylation sites is 1. The largest absolute Gasteiger partial charge is 0.343 e. The molecule has 2 aliphatic heterocycles. The van der Waals surface area contributed by atoms with Crippen LogP contribution >= 0.6 is 11.3 Å². The third kappa shape index (κ3) is 13.4. The zero-order chi connectivity index (χ0) is 54.3. The first-order chi connectivity index (χ1) is 35.7. The SMILES string of the molecule is C=CC(C)(C)n1cc(C[C@@H]2NC(=O)[C@H](CC3CCCC3)NC(=O)[C@H](CC(C)C)N3CC/C=C\C[C@@H](C3=O)N(C)C(=O)[C@H](C)NC(=O)[C@H](Cc3ccc4ncsc4c3)NC(=O)[C@H](CC(C)C)N(C)C2=O)c2ccccc21. The summed E-state index contributed by atoms with van der Waals surface area (Å²) in [4.78, 5) is 114. The Morgan fingerprint density at radius 1 is 0.760 bits per heavy atom. The molecule has 2 aromatic heterocycles. The van der Waals surface area contributed by atoms with E-state index in [0.717, 1.165) is 57.9 Å². The van der Waals surface area contributed by atoms with E-state index >= 15 is 19.2 Å². The molecule has 2 aromatic carbocycles. The van der Waals surface area contributed by atoms with E-state index < -0.39 is 89.2 Å². The summed E-state index contributed by atoms with van der Waals surface area (Å²) in [6.45, 7) is 17.7. The second-order valence-electron chi connectivity index (χ2n) is 22.5. The standard InChI is InChI=1S/C58H79N9O7S/c1-11-58(7,8)67-33-40(41-21-16-17-22-46(41)67)32-45-56(73)65(10)48(27-35(2)3)53(70)61-44(30-39-24-25-42-50(31-39)75-34-59-42)51(68)60-37(6)55(72)64(9)47-23-13-12-18-26-66(57(47)74)49(28-36(4)5)54(71)62-43(52(69)63-45)29-38-19-14-15-20-38/h11-13,16-17,21-22,24-25,31,33-38,43-45,47-49H,1,14-15,18-20,23,26-30,32H2,2-10H3,(H,60,68)(H,61,70)(H,62,71)(H,63,69)/b13-12-/t37-,43-,44-,45-,47-,48-,49-/m0/s1. The number of nitrogens with zero attached hydrogens (tertiary/aromatic N) is 5. The average Bonchev–Trinajstić information content (AvgIpc) is 4.16. The second kappa shape index (κ2) is 24.5. The summed E-state index contributed by atoms with van der Waals surface area (Å²) in [6, 6.07) is 5.69. The monoisotopic (exact) mass is 1050 g/mol. The number of rotatable bonds is 12. The summed E-state index contributed by atoms with van der Waals surface area (Å²) in [5.74, 6) is -3.80. The molecular weight excluding hydrogens is 967 g/mol. The Balaban J connectivity index is 1.36. The number of amides is 7. The fourth-order valence-corrected chi connectivity index (χ4v) is 11.8. The van der Waals surface area contributed by atoms with Crippen molar-refractivity contribution in [1.29, 1.82) is 0 Å². The molecule has 1 saturated heterocycles. The summed E-state index contributed by atoms with van der Waals surface area (Å²) in [6.07, 6.45) is 12.9. The first kappa shape index (κ1) is 56.4. The van der Waals surface area contributed by atoms with Gasteiger partial charge < -0.3 is 40.5 Å². The van der Waals surface area contributed by atoms with Gasteiger partial charge in [-0.1, -0.05) is 95.9 Å². The number of fused-ring (bicyclic) bond motifs is 4.